The first kappa shape index (κ1) is 13.9. The van der Waals surface area contributed by atoms with Gasteiger partial charge in [0, 0.05) is 16.8 Å². The number of hydrogen-bond acceptors (Lipinski definition) is 4. The van der Waals surface area contributed by atoms with Crippen LogP contribution in [0.3, 0.4) is 0 Å². The van der Waals surface area contributed by atoms with E-state index in [2.05, 4.69) is 31.3 Å². The van der Waals surface area contributed by atoms with Gasteiger partial charge in [0.25, 0.3) is 0 Å². The number of benzene rings is 1. The molecule has 0 saturated heterocycles. The second-order valence-corrected chi connectivity index (χ2v) is 4.95. The van der Waals surface area contributed by atoms with Gasteiger partial charge in [0.15, 0.2) is 5.82 Å². The van der Waals surface area contributed by atoms with Crippen molar-refractivity contribution < 1.29 is 4.39 Å². The third-order valence-corrected chi connectivity index (χ3v) is 3.54. The lowest BCUT2D eigenvalue weighted by Gasteiger charge is -2.11. The fraction of sp³-hybridized carbons (Fsp3) is 0.231. The number of nitrogens with one attached hydrogen (secondary N) is 1. The molecule has 0 amide bonds. The van der Waals surface area contributed by atoms with Crippen LogP contribution in [0.5, 0.6) is 0 Å². The zero-order valence-corrected chi connectivity index (χ0v) is 12.3. The van der Waals surface area contributed by atoms with E-state index in [0.717, 1.165) is 17.7 Å². The Morgan fingerprint density at radius 3 is 2.68 bits per heavy atom. The highest BCUT2D eigenvalue weighted by molar-refractivity contribution is 9.10. The molecule has 0 bridgehead atoms. The Morgan fingerprint density at radius 2 is 2.11 bits per heavy atom. The number of anilines is 1. The van der Waals surface area contributed by atoms with E-state index in [1.807, 2.05) is 13.8 Å². The first-order valence-electron chi connectivity index (χ1n) is 5.86. The predicted molar refractivity (Wildman–Crippen MR) is 77.1 cm³/mol. The second kappa shape index (κ2) is 5.63. The van der Waals surface area contributed by atoms with Crippen LogP contribution in [0.4, 0.5) is 10.2 Å². The molecule has 0 saturated carbocycles. The van der Waals surface area contributed by atoms with Crippen LogP contribution in [0.2, 0.25) is 0 Å². The van der Waals surface area contributed by atoms with Crippen LogP contribution in [-0.4, -0.2) is 9.97 Å². The molecule has 0 spiro atoms. The van der Waals surface area contributed by atoms with Crippen LogP contribution in [-0.2, 0) is 6.42 Å². The quantitative estimate of drug-likeness (QED) is 0.672. The van der Waals surface area contributed by atoms with Gasteiger partial charge >= 0.3 is 0 Å². The highest BCUT2D eigenvalue weighted by Crippen LogP contribution is 2.25. The maximum absolute atomic E-state index is 13.6. The third-order valence-electron chi connectivity index (χ3n) is 2.90. The van der Waals surface area contributed by atoms with Gasteiger partial charge in [0.05, 0.1) is 4.47 Å². The van der Waals surface area contributed by atoms with E-state index in [1.165, 1.54) is 6.07 Å². The summed E-state index contributed by atoms with van der Waals surface area (Å²) in [5.74, 6) is 6.13. The average molecular weight is 325 g/mol. The first-order valence-corrected chi connectivity index (χ1v) is 6.65. The molecule has 0 fully saturated rings. The standard InChI is InChI=1S/C13H14BrFN4/c1-3-11-7(2)12(19-16)18-13(17-11)8-4-5-9(14)10(15)6-8/h4-6H,3,16H2,1-2H3,(H,17,18,19). The van der Waals surface area contributed by atoms with Crippen molar-refractivity contribution in [3.63, 3.8) is 0 Å². The number of nitrogens with two attached hydrogens (primary N) is 1. The molecule has 0 aliphatic heterocycles. The van der Waals surface area contributed by atoms with Crippen LogP contribution in [0.1, 0.15) is 18.2 Å². The van der Waals surface area contributed by atoms with Crippen molar-refractivity contribution >= 4 is 21.7 Å². The molecule has 0 atom stereocenters. The topological polar surface area (TPSA) is 63.8 Å². The summed E-state index contributed by atoms with van der Waals surface area (Å²) < 4.78 is 14.0. The second-order valence-electron chi connectivity index (χ2n) is 4.09. The summed E-state index contributed by atoms with van der Waals surface area (Å²) in [6.45, 7) is 3.90. The van der Waals surface area contributed by atoms with Gasteiger partial charge in [0.1, 0.15) is 11.6 Å². The highest BCUT2D eigenvalue weighted by Gasteiger charge is 2.11. The van der Waals surface area contributed by atoms with Crippen molar-refractivity contribution in [2.45, 2.75) is 20.3 Å². The van der Waals surface area contributed by atoms with Gasteiger partial charge in [-0.1, -0.05) is 6.92 Å². The molecule has 1 aromatic heterocycles. The van der Waals surface area contributed by atoms with Crippen molar-refractivity contribution in [2.75, 3.05) is 5.43 Å². The molecule has 2 rings (SSSR count). The van der Waals surface area contributed by atoms with Crippen LogP contribution in [0, 0.1) is 12.7 Å². The van der Waals surface area contributed by atoms with E-state index in [4.69, 9.17) is 5.84 Å². The smallest absolute Gasteiger partial charge is 0.161 e. The zero-order valence-electron chi connectivity index (χ0n) is 10.7. The van der Waals surface area contributed by atoms with Crippen molar-refractivity contribution in [1.29, 1.82) is 0 Å². The van der Waals surface area contributed by atoms with Crippen LogP contribution in [0.15, 0.2) is 22.7 Å². The molecule has 100 valence electrons. The lowest BCUT2D eigenvalue weighted by Crippen LogP contribution is -2.13. The summed E-state index contributed by atoms with van der Waals surface area (Å²) >= 11 is 3.12. The van der Waals surface area contributed by atoms with Crippen molar-refractivity contribution in [3.8, 4) is 11.4 Å². The number of hydrogen-bond donors (Lipinski definition) is 2. The molecule has 1 aromatic carbocycles. The van der Waals surface area contributed by atoms with Crippen molar-refractivity contribution in [1.82, 2.24) is 9.97 Å². The van der Waals surface area contributed by atoms with Crippen LogP contribution < -0.4 is 11.3 Å². The maximum Gasteiger partial charge on any atom is 0.161 e. The Kier molecular flexibility index (Phi) is 4.11. The molecule has 0 aliphatic carbocycles. The van der Waals surface area contributed by atoms with E-state index in [9.17, 15) is 4.39 Å². The van der Waals surface area contributed by atoms with Gasteiger partial charge < -0.3 is 5.43 Å². The largest absolute Gasteiger partial charge is 0.308 e. The Bertz CT molecular complexity index is 591. The van der Waals surface area contributed by atoms with E-state index >= 15 is 0 Å². The van der Waals surface area contributed by atoms with Gasteiger partial charge in [-0.25, -0.2) is 20.2 Å². The zero-order chi connectivity index (χ0) is 14.0. The fourth-order valence-electron chi connectivity index (χ4n) is 1.81. The van der Waals surface area contributed by atoms with E-state index in [1.54, 1.807) is 12.1 Å². The molecule has 0 radical (unpaired) electrons. The Morgan fingerprint density at radius 1 is 1.37 bits per heavy atom. The normalized spacial score (nSPS) is 10.6. The average Bonchev–Trinajstić information content (AvgIpc) is 2.42. The number of hydrazine groups is 1. The van der Waals surface area contributed by atoms with Gasteiger partial charge in [-0.05, 0) is 47.5 Å². The number of aryl methyl sites for hydroxylation is 1. The molecule has 4 nitrogen and oxygen atoms in total. The summed E-state index contributed by atoms with van der Waals surface area (Å²) in [7, 11) is 0. The van der Waals surface area contributed by atoms with Crippen LogP contribution >= 0.6 is 15.9 Å². The number of rotatable bonds is 3. The SMILES string of the molecule is CCc1nc(-c2ccc(Br)c(F)c2)nc(NN)c1C. The molecule has 0 aliphatic rings. The molecular formula is C13H14BrFN4. The third kappa shape index (κ3) is 2.74. The first-order chi connectivity index (χ1) is 9.06. The predicted octanol–water partition coefficient (Wildman–Crippen LogP) is 3.20. The number of halogens is 2. The van der Waals surface area contributed by atoms with E-state index in [0.29, 0.717) is 21.7 Å². The molecule has 19 heavy (non-hydrogen) atoms. The Labute approximate surface area is 119 Å². The molecule has 6 heteroatoms. The molecule has 3 N–H and O–H groups in total. The van der Waals surface area contributed by atoms with Crippen molar-refractivity contribution in [2.24, 2.45) is 5.84 Å². The minimum Gasteiger partial charge on any atom is -0.308 e. The highest BCUT2D eigenvalue weighted by atomic mass is 79.9. The lowest BCUT2D eigenvalue weighted by molar-refractivity contribution is 0.621. The summed E-state index contributed by atoms with van der Waals surface area (Å²) in [5, 5.41) is 0. The van der Waals surface area contributed by atoms with E-state index < -0.39 is 0 Å². The van der Waals surface area contributed by atoms with Crippen LogP contribution in [0.25, 0.3) is 11.4 Å². The van der Waals surface area contributed by atoms with Crippen molar-refractivity contribution in [3.05, 3.63) is 39.7 Å². The maximum atomic E-state index is 13.6. The van der Waals surface area contributed by atoms with Gasteiger partial charge in [0.2, 0.25) is 0 Å². The Balaban J connectivity index is 2.58. The minimum atomic E-state index is -0.345. The minimum absolute atomic E-state index is 0.345. The van der Waals surface area contributed by atoms with Gasteiger partial charge in [-0.2, -0.15) is 0 Å². The monoisotopic (exact) mass is 324 g/mol. The Hall–Kier alpha value is -1.53. The number of nitrogen functional groups attached to an aromatic ring is 1. The number of nitrogens with zero attached hydrogens (tertiary/aromatic N) is 2. The molecule has 0 unspecified atom stereocenters. The summed E-state index contributed by atoms with van der Waals surface area (Å²) in [5.41, 5.74) is 4.97. The summed E-state index contributed by atoms with van der Waals surface area (Å²) in [4.78, 5) is 8.76. The number of aromatic nitrogens is 2. The van der Waals surface area contributed by atoms with Gasteiger partial charge in [-0.3, -0.25) is 0 Å². The summed E-state index contributed by atoms with van der Waals surface area (Å²) in [6, 6.07) is 4.79. The van der Waals surface area contributed by atoms with E-state index in [-0.39, 0.29) is 5.82 Å². The summed E-state index contributed by atoms with van der Waals surface area (Å²) in [6.07, 6.45) is 0.759. The van der Waals surface area contributed by atoms with Gasteiger partial charge in [-0.15, -0.1) is 0 Å². The molecule has 2 aromatic rings. The fourth-order valence-corrected chi connectivity index (χ4v) is 2.06. The molecular weight excluding hydrogens is 311 g/mol. The molecule has 1 heterocycles. The lowest BCUT2D eigenvalue weighted by atomic mass is 10.1.